The Labute approximate surface area is 119 Å². The summed E-state index contributed by atoms with van der Waals surface area (Å²) >= 11 is 0. The Morgan fingerprint density at radius 2 is 1.95 bits per heavy atom. The molecule has 2 aromatic rings. The van der Waals surface area contributed by atoms with Gasteiger partial charge in [0, 0.05) is 12.6 Å². The highest BCUT2D eigenvalue weighted by molar-refractivity contribution is 6.06. The molecule has 0 bridgehead atoms. The molecule has 20 heavy (non-hydrogen) atoms. The molecular weight excluding hydrogens is 249 g/mol. The number of hydrogen-bond acceptors (Lipinski definition) is 3. The van der Waals surface area contributed by atoms with Crippen LogP contribution in [0.5, 0.6) is 0 Å². The molecule has 0 spiro atoms. The van der Waals surface area contributed by atoms with E-state index in [0.717, 1.165) is 22.5 Å². The van der Waals surface area contributed by atoms with Crippen LogP contribution in [0, 0.1) is 25.2 Å². The molecule has 2 rings (SSSR count). The van der Waals surface area contributed by atoms with E-state index in [-0.39, 0.29) is 0 Å². The quantitative estimate of drug-likeness (QED) is 0.484. The number of hydrogen-bond donors (Lipinski definition) is 0. The van der Waals surface area contributed by atoms with Crippen molar-refractivity contribution in [3.8, 4) is 6.07 Å². The highest BCUT2D eigenvalue weighted by Gasteiger charge is 2.19. The van der Waals surface area contributed by atoms with E-state index in [1.165, 1.54) is 0 Å². The highest BCUT2D eigenvalue weighted by Crippen LogP contribution is 2.29. The molecule has 0 N–H and O–H groups in total. The summed E-state index contributed by atoms with van der Waals surface area (Å²) in [6.45, 7) is 3.93. The van der Waals surface area contributed by atoms with Crippen molar-refractivity contribution >= 4 is 19.4 Å². The maximum Gasteiger partial charge on any atom is 0.322 e. The Kier molecular flexibility index (Phi) is 3.95. The lowest BCUT2D eigenvalue weighted by Crippen LogP contribution is -2.03. The second-order valence-electron chi connectivity index (χ2n) is 4.57. The molecule has 0 saturated carbocycles. The van der Waals surface area contributed by atoms with Crippen molar-refractivity contribution in [1.82, 2.24) is 9.78 Å². The summed E-state index contributed by atoms with van der Waals surface area (Å²) in [6.07, 6.45) is 0. The van der Waals surface area contributed by atoms with Crippen LogP contribution in [0.2, 0.25) is 0 Å². The summed E-state index contributed by atoms with van der Waals surface area (Å²) in [5, 5.41) is 13.9. The Morgan fingerprint density at radius 3 is 2.40 bits per heavy atom. The summed E-state index contributed by atoms with van der Waals surface area (Å²) < 4.78 is 7.27. The molecular formula is C15H16BN3O. The normalized spacial score (nSPS) is 11.7. The Hall–Kier alpha value is -2.48. The van der Waals surface area contributed by atoms with Crippen molar-refractivity contribution in [2.75, 3.05) is 0 Å². The number of rotatable bonds is 3. The largest absolute Gasteiger partial charge is 0.566 e. The lowest BCUT2D eigenvalue weighted by Gasteiger charge is -2.12. The maximum atomic E-state index is 9.51. The van der Waals surface area contributed by atoms with Gasteiger partial charge in [-0.15, -0.1) is 0 Å². The lowest BCUT2D eigenvalue weighted by molar-refractivity contribution is 0.559. The van der Waals surface area contributed by atoms with Gasteiger partial charge >= 0.3 is 8.05 Å². The first kappa shape index (κ1) is 13.9. The van der Waals surface area contributed by atoms with Crippen molar-refractivity contribution < 1.29 is 4.65 Å². The Morgan fingerprint density at radius 1 is 1.30 bits per heavy atom. The molecule has 100 valence electrons. The summed E-state index contributed by atoms with van der Waals surface area (Å²) in [6, 6.07) is 11.8. The number of aromatic nitrogens is 2. The molecule has 0 aliphatic heterocycles. The molecule has 0 aliphatic carbocycles. The van der Waals surface area contributed by atoms with Crippen LogP contribution in [-0.2, 0) is 11.7 Å². The summed E-state index contributed by atoms with van der Waals surface area (Å²) in [5.74, 6) is 0.555. The van der Waals surface area contributed by atoms with Crippen molar-refractivity contribution in [3.63, 3.8) is 0 Å². The highest BCUT2D eigenvalue weighted by atomic mass is 16.4. The van der Waals surface area contributed by atoms with Crippen molar-refractivity contribution in [1.29, 1.82) is 5.26 Å². The summed E-state index contributed by atoms with van der Waals surface area (Å²) in [5.41, 5.74) is 4.14. The first-order valence-corrected chi connectivity index (χ1v) is 6.34. The zero-order valence-electron chi connectivity index (χ0n) is 12.1. The molecule has 1 aromatic heterocycles. The van der Waals surface area contributed by atoms with E-state index in [1.807, 2.05) is 51.2 Å². The van der Waals surface area contributed by atoms with Crippen LogP contribution in [-0.4, -0.2) is 17.8 Å². The first-order chi connectivity index (χ1) is 9.60. The van der Waals surface area contributed by atoms with Gasteiger partial charge in [-0.2, -0.15) is 10.4 Å². The maximum absolute atomic E-state index is 9.51. The zero-order chi connectivity index (χ0) is 14.7. The van der Waals surface area contributed by atoms with Gasteiger partial charge in [-0.1, -0.05) is 30.3 Å². The van der Waals surface area contributed by atoms with Gasteiger partial charge in [0.1, 0.15) is 23.1 Å². The minimum Gasteiger partial charge on any atom is -0.566 e. The average Bonchev–Trinajstić information content (AvgIpc) is 2.71. The second-order valence-corrected chi connectivity index (χ2v) is 4.57. The third-order valence-electron chi connectivity index (χ3n) is 3.34. The standard InChI is InChI=1S/C15H16BN3O/c1-10-11(2)18-19(3)14(10)15(20-16)13(9-17)12-7-5-4-6-8-12/h4-8H,16H2,1-3H3. The van der Waals surface area contributed by atoms with Gasteiger partial charge in [-0.05, 0) is 19.4 Å². The van der Waals surface area contributed by atoms with Crippen molar-refractivity contribution in [2.45, 2.75) is 13.8 Å². The van der Waals surface area contributed by atoms with Crippen LogP contribution >= 0.6 is 0 Å². The number of aryl methyl sites for hydroxylation is 2. The number of nitrogens with zero attached hydrogens (tertiary/aromatic N) is 3. The lowest BCUT2D eigenvalue weighted by atomic mass is 10.0. The van der Waals surface area contributed by atoms with Crippen LogP contribution in [0.15, 0.2) is 30.3 Å². The van der Waals surface area contributed by atoms with Gasteiger partial charge in [0.2, 0.25) is 0 Å². The fourth-order valence-electron chi connectivity index (χ4n) is 2.25. The molecule has 0 saturated heterocycles. The molecule has 0 aliphatic rings. The predicted molar refractivity (Wildman–Crippen MR) is 81.2 cm³/mol. The van der Waals surface area contributed by atoms with Gasteiger partial charge in [0.15, 0.2) is 0 Å². The molecule has 0 atom stereocenters. The van der Waals surface area contributed by atoms with Crippen LogP contribution < -0.4 is 0 Å². The molecule has 0 radical (unpaired) electrons. The van der Waals surface area contributed by atoms with Gasteiger partial charge < -0.3 is 4.65 Å². The van der Waals surface area contributed by atoms with Crippen LogP contribution in [0.1, 0.15) is 22.5 Å². The molecule has 0 unspecified atom stereocenters. The first-order valence-electron chi connectivity index (χ1n) is 6.34. The topological polar surface area (TPSA) is 50.8 Å². The van der Waals surface area contributed by atoms with E-state index in [4.69, 9.17) is 4.65 Å². The number of nitriles is 1. The third-order valence-corrected chi connectivity index (χ3v) is 3.34. The minimum atomic E-state index is 0.513. The van der Waals surface area contributed by atoms with E-state index in [1.54, 1.807) is 12.7 Å². The molecule has 0 fully saturated rings. The predicted octanol–water partition coefficient (Wildman–Crippen LogP) is 1.99. The molecule has 0 amide bonds. The number of allylic oxidation sites excluding steroid dienone is 1. The van der Waals surface area contributed by atoms with Crippen molar-refractivity contribution in [2.24, 2.45) is 7.05 Å². The molecule has 1 aromatic carbocycles. The summed E-state index contributed by atoms with van der Waals surface area (Å²) in [4.78, 5) is 0. The average molecular weight is 265 g/mol. The fourth-order valence-corrected chi connectivity index (χ4v) is 2.25. The zero-order valence-corrected chi connectivity index (χ0v) is 12.1. The van der Waals surface area contributed by atoms with E-state index in [0.29, 0.717) is 11.3 Å². The smallest absolute Gasteiger partial charge is 0.322 e. The van der Waals surface area contributed by atoms with Crippen molar-refractivity contribution in [3.05, 3.63) is 52.8 Å². The van der Waals surface area contributed by atoms with E-state index >= 15 is 0 Å². The third kappa shape index (κ3) is 2.33. The molecule has 1 heterocycles. The Balaban J connectivity index is 2.72. The molecule has 5 heteroatoms. The monoisotopic (exact) mass is 265 g/mol. The van der Waals surface area contributed by atoms with Gasteiger partial charge in [0.05, 0.1) is 5.69 Å². The van der Waals surface area contributed by atoms with Gasteiger partial charge in [-0.25, -0.2) is 0 Å². The van der Waals surface area contributed by atoms with E-state index in [2.05, 4.69) is 11.2 Å². The number of benzene rings is 1. The van der Waals surface area contributed by atoms with Crippen LogP contribution in [0.4, 0.5) is 0 Å². The minimum absolute atomic E-state index is 0.513. The molecule has 4 nitrogen and oxygen atoms in total. The van der Waals surface area contributed by atoms with Crippen LogP contribution in [0.25, 0.3) is 11.3 Å². The van der Waals surface area contributed by atoms with Gasteiger partial charge in [0.25, 0.3) is 0 Å². The SMILES string of the molecule is BOC(=C(C#N)c1ccccc1)c1c(C)c(C)nn1C. The van der Waals surface area contributed by atoms with Crippen LogP contribution in [0.3, 0.4) is 0 Å². The second kappa shape index (κ2) is 5.66. The fraction of sp³-hybridized carbons (Fsp3) is 0.200. The van der Waals surface area contributed by atoms with Gasteiger partial charge in [-0.3, -0.25) is 4.68 Å². The summed E-state index contributed by atoms with van der Waals surface area (Å²) in [7, 11) is 3.44. The van der Waals surface area contributed by atoms with E-state index < -0.39 is 0 Å². The van der Waals surface area contributed by atoms with E-state index in [9.17, 15) is 5.26 Å². The Bertz CT molecular complexity index is 696.